The zero-order chi connectivity index (χ0) is 27.5. The molecular weight excluding hydrogens is 488 g/mol. The molecule has 2 aromatic carbocycles. The van der Waals surface area contributed by atoms with Crippen LogP contribution in [0, 0.1) is 0 Å². The Morgan fingerprint density at radius 1 is 0.838 bits per heavy atom. The second-order valence-electron chi connectivity index (χ2n) is 8.32. The molecule has 0 heterocycles. The second-order valence-corrected chi connectivity index (χ2v) is 9.48. The van der Waals surface area contributed by atoms with Crippen molar-refractivity contribution in [3.05, 3.63) is 59.7 Å². The molecule has 0 amide bonds. The lowest BCUT2D eigenvalue weighted by atomic mass is 10.0. The predicted octanol–water partition coefficient (Wildman–Crippen LogP) is 8.23. The molecule has 0 N–H and O–H groups in total. The summed E-state index contributed by atoms with van der Waals surface area (Å²) in [6, 6.07) is 13.3. The standard InChI is InChI=1S/C22H24O6S.C6H12.C2H6/c1-4-5-14-29-18-12-10-17(11-13-18)21(24)27-16(3)28-22(25)19-8-6-7-9-20(19)26-15(2)23;1-2-4-6-5-3-1;1-2/h6-13,16H,4-5,14H2,1-3H3;1-6H2;1-2H3. The summed E-state index contributed by atoms with van der Waals surface area (Å²) in [6.07, 6.45) is 10.2. The van der Waals surface area contributed by atoms with Gasteiger partial charge in [-0.3, -0.25) is 4.79 Å². The number of rotatable bonds is 9. The minimum absolute atomic E-state index is 0.0686. The van der Waals surface area contributed by atoms with E-state index in [4.69, 9.17) is 14.2 Å². The number of esters is 3. The van der Waals surface area contributed by atoms with Gasteiger partial charge in [-0.25, -0.2) is 9.59 Å². The van der Waals surface area contributed by atoms with Gasteiger partial charge in [-0.2, -0.15) is 0 Å². The molecule has 0 aromatic heterocycles. The van der Waals surface area contributed by atoms with E-state index in [2.05, 4.69) is 6.92 Å². The van der Waals surface area contributed by atoms with E-state index in [0.717, 1.165) is 23.5 Å². The number of hydrogen-bond donors (Lipinski definition) is 0. The van der Waals surface area contributed by atoms with Crippen molar-refractivity contribution < 1.29 is 28.6 Å². The molecule has 204 valence electrons. The van der Waals surface area contributed by atoms with Gasteiger partial charge in [-0.05, 0) is 48.6 Å². The van der Waals surface area contributed by atoms with Crippen molar-refractivity contribution in [3.63, 3.8) is 0 Å². The van der Waals surface area contributed by atoms with Crippen LogP contribution in [-0.4, -0.2) is 30.0 Å². The van der Waals surface area contributed by atoms with Crippen molar-refractivity contribution in [2.45, 2.75) is 97.2 Å². The first kappa shape index (κ1) is 32.2. The monoisotopic (exact) mass is 530 g/mol. The molecule has 1 aliphatic carbocycles. The van der Waals surface area contributed by atoms with Crippen molar-refractivity contribution in [1.29, 1.82) is 0 Å². The zero-order valence-electron chi connectivity index (χ0n) is 22.9. The highest BCUT2D eigenvalue weighted by Crippen LogP contribution is 2.22. The summed E-state index contributed by atoms with van der Waals surface area (Å²) in [7, 11) is 0. The van der Waals surface area contributed by atoms with Crippen LogP contribution in [0.5, 0.6) is 5.75 Å². The minimum Gasteiger partial charge on any atom is -0.426 e. The first-order valence-electron chi connectivity index (χ1n) is 13.3. The van der Waals surface area contributed by atoms with Crippen molar-refractivity contribution in [2.75, 3.05) is 5.75 Å². The van der Waals surface area contributed by atoms with Crippen molar-refractivity contribution in [1.82, 2.24) is 0 Å². The van der Waals surface area contributed by atoms with Crippen molar-refractivity contribution >= 4 is 29.7 Å². The maximum absolute atomic E-state index is 12.3. The molecule has 1 unspecified atom stereocenters. The van der Waals surface area contributed by atoms with Crippen molar-refractivity contribution in [3.8, 4) is 5.75 Å². The number of unbranched alkanes of at least 4 members (excludes halogenated alkanes) is 1. The lowest BCUT2D eigenvalue weighted by molar-refractivity contribution is -0.131. The Morgan fingerprint density at radius 3 is 1.92 bits per heavy atom. The number of ether oxygens (including phenoxy) is 3. The lowest BCUT2D eigenvalue weighted by Crippen LogP contribution is -2.22. The average molecular weight is 531 g/mol. The van der Waals surface area contributed by atoms with E-state index < -0.39 is 24.2 Å². The molecule has 6 nitrogen and oxygen atoms in total. The van der Waals surface area contributed by atoms with Crippen LogP contribution in [0.25, 0.3) is 0 Å². The largest absolute Gasteiger partial charge is 0.426 e. The van der Waals surface area contributed by atoms with Crippen LogP contribution in [0.15, 0.2) is 53.4 Å². The van der Waals surface area contributed by atoms with Gasteiger partial charge in [-0.15, -0.1) is 11.8 Å². The first-order valence-corrected chi connectivity index (χ1v) is 14.3. The fraction of sp³-hybridized carbons (Fsp3) is 0.500. The molecule has 1 atom stereocenters. The van der Waals surface area contributed by atoms with Crippen molar-refractivity contribution in [2.24, 2.45) is 0 Å². The van der Waals surface area contributed by atoms with Crippen LogP contribution < -0.4 is 4.74 Å². The van der Waals surface area contributed by atoms with Crippen LogP contribution in [0.1, 0.15) is 107 Å². The van der Waals surface area contributed by atoms with Gasteiger partial charge in [0, 0.05) is 18.7 Å². The number of carbonyl (C=O) groups is 3. The number of benzene rings is 2. The fourth-order valence-corrected chi connectivity index (χ4v) is 4.42. The highest BCUT2D eigenvalue weighted by molar-refractivity contribution is 7.99. The molecule has 0 saturated heterocycles. The van der Waals surface area contributed by atoms with E-state index in [1.54, 1.807) is 36.0 Å². The van der Waals surface area contributed by atoms with E-state index >= 15 is 0 Å². The summed E-state index contributed by atoms with van der Waals surface area (Å²) in [5, 5.41) is 0. The molecule has 37 heavy (non-hydrogen) atoms. The van der Waals surface area contributed by atoms with Crippen LogP contribution in [0.3, 0.4) is 0 Å². The molecule has 0 bridgehead atoms. The molecule has 0 aliphatic heterocycles. The third-order valence-corrected chi connectivity index (χ3v) is 6.36. The average Bonchev–Trinajstić information content (AvgIpc) is 2.91. The van der Waals surface area contributed by atoms with Gasteiger partial charge >= 0.3 is 17.9 Å². The van der Waals surface area contributed by atoms with Gasteiger partial charge in [0.05, 0.1) is 5.56 Å². The van der Waals surface area contributed by atoms with E-state index in [-0.39, 0.29) is 11.3 Å². The third kappa shape index (κ3) is 13.4. The van der Waals surface area contributed by atoms with E-state index in [1.165, 1.54) is 64.5 Å². The topological polar surface area (TPSA) is 78.9 Å². The van der Waals surface area contributed by atoms with Gasteiger partial charge in [0.25, 0.3) is 0 Å². The molecule has 2 aromatic rings. The number of para-hydroxylation sites is 1. The third-order valence-electron chi connectivity index (χ3n) is 5.26. The second kappa shape index (κ2) is 19.3. The number of thioether (sulfide) groups is 1. The summed E-state index contributed by atoms with van der Waals surface area (Å²) in [5.41, 5.74) is 0.437. The van der Waals surface area contributed by atoms with Gasteiger partial charge in [0.1, 0.15) is 11.3 Å². The lowest BCUT2D eigenvalue weighted by Gasteiger charge is -2.15. The SMILES string of the molecule is C1CCCCC1.CC.CCCCSc1ccc(C(=O)OC(C)OC(=O)c2ccccc2OC(C)=O)cc1. The zero-order valence-corrected chi connectivity index (χ0v) is 23.7. The summed E-state index contributed by atoms with van der Waals surface area (Å²) in [4.78, 5) is 36.9. The molecule has 7 heteroatoms. The Morgan fingerprint density at radius 2 is 1.38 bits per heavy atom. The Labute approximate surface area is 226 Å². The van der Waals surface area contributed by atoms with Crippen LogP contribution in [0.2, 0.25) is 0 Å². The summed E-state index contributed by atoms with van der Waals surface area (Å²) >= 11 is 1.73. The molecule has 1 saturated carbocycles. The number of hydrogen-bond acceptors (Lipinski definition) is 7. The Bertz CT molecular complexity index is 926. The highest BCUT2D eigenvalue weighted by Gasteiger charge is 2.20. The summed E-state index contributed by atoms with van der Waals surface area (Å²) < 4.78 is 15.3. The summed E-state index contributed by atoms with van der Waals surface area (Å²) in [5.74, 6) is -0.795. The van der Waals surface area contributed by atoms with E-state index in [0.29, 0.717) is 5.56 Å². The molecular formula is C30H42O6S. The molecule has 1 fully saturated rings. The van der Waals surface area contributed by atoms with Gasteiger partial charge in [0.2, 0.25) is 6.29 Å². The highest BCUT2D eigenvalue weighted by atomic mass is 32.2. The Kier molecular flexibility index (Phi) is 16.8. The van der Waals surface area contributed by atoms with Gasteiger partial charge in [0.15, 0.2) is 0 Å². The maximum atomic E-state index is 12.3. The smallest absolute Gasteiger partial charge is 0.345 e. The predicted molar refractivity (Wildman–Crippen MR) is 149 cm³/mol. The molecule has 0 spiro atoms. The van der Waals surface area contributed by atoms with E-state index in [9.17, 15) is 14.4 Å². The summed E-state index contributed by atoms with van der Waals surface area (Å²) in [6.45, 7) is 8.82. The Balaban J connectivity index is 0.000000735. The molecule has 3 rings (SSSR count). The Hall–Kier alpha value is -2.80. The van der Waals surface area contributed by atoms with Gasteiger partial charge < -0.3 is 14.2 Å². The fourth-order valence-electron chi connectivity index (χ4n) is 3.42. The first-order chi connectivity index (χ1) is 17.9. The maximum Gasteiger partial charge on any atom is 0.345 e. The molecule has 0 radical (unpaired) electrons. The number of carbonyl (C=O) groups excluding carboxylic acids is 3. The quantitative estimate of drug-likeness (QED) is 0.106. The van der Waals surface area contributed by atoms with Crippen LogP contribution in [-0.2, 0) is 14.3 Å². The van der Waals surface area contributed by atoms with Crippen LogP contribution >= 0.6 is 11.8 Å². The van der Waals surface area contributed by atoms with E-state index in [1.807, 2.05) is 26.0 Å². The van der Waals surface area contributed by atoms with Gasteiger partial charge in [-0.1, -0.05) is 77.8 Å². The van der Waals surface area contributed by atoms with Crippen LogP contribution in [0.4, 0.5) is 0 Å². The molecule has 1 aliphatic rings. The minimum atomic E-state index is -1.11. The normalized spacial score (nSPS) is 13.0.